The number of hydrogen-bond acceptors (Lipinski definition) is 6. The van der Waals surface area contributed by atoms with Gasteiger partial charge in [-0.05, 0) is 47.2 Å². The Hall–Kier alpha value is -3.08. The van der Waals surface area contributed by atoms with Crippen LogP contribution in [0.4, 0.5) is 18.9 Å². The molecule has 1 atom stereocenters. The van der Waals surface area contributed by atoms with Crippen LogP contribution in [0.5, 0.6) is 5.75 Å². The third-order valence-corrected chi connectivity index (χ3v) is 5.20. The van der Waals surface area contributed by atoms with Gasteiger partial charge in [0.05, 0.1) is 30.2 Å². The fourth-order valence-corrected chi connectivity index (χ4v) is 3.36. The molecule has 11 heteroatoms. The number of anilines is 1. The van der Waals surface area contributed by atoms with E-state index in [2.05, 4.69) is 20.8 Å². The van der Waals surface area contributed by atoms with E-state index >= 15 is 0 Å². The highest BCUT2D eigenvalue weighted by atomic mass is 32.2. The van der Waals surface area contributed by atoms with E-state index in [-0.39, 0.29) is 5.69 Å². The molecule has 0 saturated carbocycles. The number of thioether (sulfide) groups is 1. The first-order valence-electron chi connectivity index (χ1n) is 8.81. The molecule has 30 heavy (non-hydrogen) atoms. The van der Waals surface area contributed by atoms with Crippen molar-refractivity contribution in [1.29, 1.82) is 0 Å². The highest BCUT2D eigenvalue weighted by Crippen LogP contribution is 2.35. The second-order valence-corrected chi connectivity index (χ2v) is 7.57. The van der Waals surface area contributed by atoms with E-state index in [9.17, 15) is 18.0 Å². The first kappa shape index (κ1) is 21.6. The number of amides is 1. The van der Waals surface area contributed by atoms with E-state index < -0.39 is 22.9 Å². The van der Waals surface area contributed by atoms with Crippen LogP contribution in [0.25, 0.3) is 0 Å². The zero-order chi connectivity index (χ0) is 21.7. The molecule has 0 fully saturated rings. The number of ether oxygens (including phenoxy) is 1. The molecule has 0 saturated heterocycles. The van der Waals surface area contributed by atoms with E-state index in [4.69, 9.17) is 4.74 Å². The molecule has 0 radical (unpaired) electrons. The maximum atomic E-state index is 13.1. The molecule has 0 aliphatic rings. The molecule has 3 aromatic rings. The summed E-state index contributed by atoms with van der Waals surface area (Å²) in [5, 5.41) is 13.4. The molecule has 0 spiro atoms. The molecule has 1 amide bonds. The third kappa shape index (κ3) is 5.29. The van der Waals surface area contributed by atoms with Crippen molar-refractivity contribution < 1.29 is 22.7 Å². The summed E-state index contributed by atoms with van der Waals surface area (Å²) in [5.41, 5.74) is -0.277. The quantitative estimate of drug-likeness (QED) is 0.565. The zero-order valence-electron chi connectivity index (χ0n) is 16.1. The number of alkyl halides is 3. The maximum Gasteiger partial charge on any atom is 0.418 e. The molecule has 0 aliphatic carbocycles. The number of aromatic nitrogens is 4. The molecule has 1 heterocycles. The molecule has 2 aromatic carbocycles. The van der Waals surface area contributed by atoms with E-state index in [1.807, 2.05) is 12.1 Å². The highest BCUT2D eigenvalue weighted by molar-refractivity contribution is 8.00. The largest absolute Gasteiger partial charge is 0.497 e. The third-order valence-electron chi connectivity index (χ3n) is 4.13. The van der Waals surface area contributed by atoms with Gasteiger partial charge in [0, 0.05) is 0 Å². The molecule has 0 bridgehead atoms. The number of tetrazole rings is 1. The van der Waals surface area contributed by atoms with Crippen molar-refractivity contribution in [2.45, 2.75) is 30.1 Å². The number of nitrogens with zero attached hydrogens (tertiary/aromatic N) is 4. The predicted octanol–water partition coefficient (Wildman–Crippen LogP) is 3.87. The average molecular weight is 437 g/mol. The molecular formula is C19H18F3N5O2S. The fraction of sp³-hybridized carbons (Fsp3) is 0.263. The number of para-hydroxylation sites is 1. The van der Waals surface area contributed by atoms with Crippen LogP contribution in [0, 0.1) is 0 Å². The molecule has 1 aromatic heterocycles. The number of methoxy groups -OCH3 is 1. The molecule has 0 aliphatic heterocycles. The molecule has 1 unspecified atom stereocenters. The second-order valence-electron chi connectivity index (χ2n) is 6.26. The van der Waals surface area contributed by atoms with Crippen molar-refractivity contribution in [2.75, 3.05) is 12.4 Å². The van der Waals surface area contributed by atoms with Gasteiger partial charge < -0.3 is 10.1 Å². The van der Waals surface area contributed by atoms with Crippen molar-refractivity contribution in [3.63, 3.8) is 0 Å². The van der Waals surface area contributed by atoms with Crippen molar-refractivity contribution in [2.24, 2.45) is 0 Å². The van der Waals surface area contributed by atoms with Crippen LogP contribution < -0.4 is 10.1 Å². The van der Waals surface area contributed by atoms with Crippen LogP contribution in [0.1, 0.15) is 18.1 Å². The standard InChI is InChI=1S/C19H18F3N5O2S/c1-12(17(28)23-16-6-4-3-5-15(16)19(20,21)22)30-18-24-25-26-27(18)11-13-7-9-14(29-2)10-8-13/h3-10,12H,11H2,1-2H3,(H,23,28). The van der Waals surface area contributed by atoms with Crippen molar-refractivity contribution in [1.82, 2.24) is 20.2 Å². The Kier molecular flexibility index (Phi) is 6.60. The van der Waals surface area contributed by atoms with Crippen molar-refractivity contribution in [3.05, 3.63) is 59.7 Å². The smallest absolute Gasteiger partial charge is 0.418 e. The Morgan fingerprint density at radius 3 is 2.57 bits per heavy atom. The van der Waals surface area contributed by atoms with Gasteiger partial charge in [0.2, 0.25) is 11.1 Å². The van der Waals surface area contributed by atoms with Gasteiger partial charge in [0.1, 0.15) is 5.75 Å². The Bertz CT molecular complexity index is 1010. The summed E-state index contributed by atoms with van der Waals surface area (Å²) in [7, 11) is 1.57. The van der Waals surface area contributed by atoms with Crippen molar-refractivity contribution >= 4 is 23.4 Å². The summed E-state index contributed by atoms with van der Waals surface area (Å²) in [6, 6.07) is 12.2. The number of rotatable bonds is 7. The van der Waals surface area contributed by atoms with Crippen LogP contribution in [-0.2, 0) is 17.5 Å². The van der Waals surface area contributed by atoms with E-state index in [0.717, 1.165) is 29.1 Å². The molecule has 158 valence electrons. The lowest BCUT2D eigenvalue weighted by Crippen LogP contribution is -2.24. The molecule has 7 nitrogen and oxygen atoms in total. The lowest BCUT2D eigenvalue weighted by Gasteiger charge is -2.16. The van der Waals surface area contributed by atoms with Gasteiger partial charge in [0.15, 0.2) is 0 Å². The number of benzene rings is 2. The summed E-state index contributed by atoms with van der Waals surface area (Å²) < 4.78 is 46.0. The minimum Gasteiger partial charge on any atom is -0.497 e. The maximum absolute atomic E-state index is 13.1. The predicted molar refractivity (Wildman–Crippen MR) is 105 cm³/mol. The van der Waals surface area contributed by atoms with Gasteiger partial charge in [-0.15, -0.1) is 5.10 Å². The Labute approximate surface area is 174 Å². The molecule has 3 rings (SSSR count). The van der Waals surface area contributed by atoms with Crippen LogP contribution in [0.15, 0.2) is 53.7 Å². The van der Waals surface area contributed by atoms with Gasteiger partial charge in [0.25, 0.3) is 0 Å². The summed E-state index contributed by atoms with van der Waals surface area (Å²) in [6.45, 7) is 1.94. The average Bonchev–Trinajstić information content (AvgIpc) is 3.14. The summed E-state index contributed by atoms with van der Waals surface area (Å²) in [5.74, 6) is 0.130. The number of carbonyl (C=O) groups is 1. The lowest BCUT2D eigenvalue weighted by atomic mass is 10.1. The number of hydrogen-bond donors (Lipinski definition) is 1. The first-order chi connectivity index (χ1) is 14.3. The first-order valence-corrected chi connectivity index (χ1v) is 9.68. The van der Waals surface area contributed by atoms with Gasteiger partial charge in [-0.25, -0.2) is 4.68 Å². The second kappa shape index (κ2) is 9.16. The SMILES string of the molecule is COc1ccc(Cn2nnnc2SC(C)C(=O)Nc2ccccc2C(F)(F)F)cc1. The van der Waals surface area contributed by atoms with Gasteiger partial charge in [-0.2, -0.15) is 13.2 Å². The van der Waals surface area contributed by atoms with Crippen LogP contribution in [0.3, 0.4) is 0 Å². The summed E-state index contributed by atoms with van der Waals surface area (Å²) in [6.07, 6.45) is -4.57. The molecular weight excluding hydrogens is 419 g/mol. The monoisotopic (exact) mass is 437 g/mol. The summed E-state index contributed by atoms with van der Waals surface area (Å²) >= 11 is 1.05. The topological polar surface area (TPSA) is 81.9 Å². The van der Waals surface area contributed by atoms with Gasteiger partial charge in [-0.1, -0.05) is 36.0 Å². The van der Waals surface area contributed by atoms with E-state index in [0.29, 0.717) is 11.7 Å². The normalized spacial score (nSPS) is 12.4. The van der Waals surface area contributed by atoms with Gasteiger partial charge >= 0.3 is 6.18 Å². The minimum atomic E-state index is -4.57. The van der Waals surface area contributed by atoms with E-state index in [1.165, 1.54) is 22.9 Å². The highest BCUT2D eigenvalue weighted by Gasteiger charge is 2.34. The zero-order valence-corrected chi connectivity index (χ0v) is 16.9. The lowest BCUT2D eigenvalue weighted by molar-refractivity contribution is -0.137. The number of halogens is 3. The Morgan fingerprint density at radius 2 is 1.90 bits per heavy atom. The van der Waals surface area contributed by atoms with Gasteiger partial charge in [-0.3, -0.25) is 4.79 Å². The van der Waals surface area contributed by atoms with Crippen LogP contribution in [0.2, 0.25) is 0 Å². The van der Waals surface area contributed by atoms with Crippen molar-refractivity contribution in [3.8, 4) is 5.75 Å². The number of carbonyl (C=O) groups excluding carboxylic acids is 1. The Balaban J connectivity index is 1.67. The summed E-state index contributed by atoms with van der Waals surface area (Å²) in [4.78, 5) is 12.5. The van der Waals surface area contributed by atoms with Crippen LogP contribution >= 0.6 is 11.8 Å². The molecule has 1 N–H and O–H groups in total. The minimum absolute atomic E-state index is 0.291. The fourth-order valence-electron chi connectivity index (χ4n) is 2.57. The Morgan fingerprint density at radius 1 is 1.20 bits per heavy atom. The number of nitrogens with one attached hydrogen (secondary N) is 1. The van der Waals surface area contributed by atoms with Crippen LogP contribution in [-0.4, -0.2) is 38.5 Å². The van der Waals surface area contributed by atoms with E-state index in [1.54, 1.807) is 26.2 Å².